The van der Waals surface area contributed by atoms with Crippen LogP contribution in [-0.2, 0) is 11.3 Å². The number of nitrogens with one attached hydrogen (secondary N) is 2. The van der Waals surface area contributed by atoms with Crippen molar-refractivity contribution < 1.29 is 23.8 Å². The molecule has 0 atom stereocenters. The van der Waals surface area contributed by atoms with Gasteiger partial charge < -0.3 is 19.5 Å². The van der Waals surface area contributed by atoms with Crippen molar-refractivity contribution in [3.63, 3.8) is 0 Å². The van der Waals surface area contributed by atoms with E-state index in [9.17, 15) is 9.59 Å². The van der Waals surface area contributed by atoms with Crippen LogP contribution in [0.1, 0.15) is 22.8 Å². The second-order valence-corrected chi connectivity index (χ2v) is 5.59. The third kappa shape index (κ3) is 4.44. The molecule has 1 aliphatic heterocycles. The quantitative estimate of drug-likeness (QED) is 0.860. The number of hydrogen-bond acceptors (Lipinski definition) is 5. The molecule has 2 aromatic carbocycles. The van der Waals surface area contributed by atoms with Crippen LogP contribution in [0.15, 0.2) is 42.5 Å². The SMILES string of the molecule is CCOC(=O)Nc1cccc(C(=O)NCc2ccc3c(c2)OCCO3)c1. The first-order chi connectivity index (χ1) is 12.7. The molecule has 7 heteroatoms. The summed E-state index contributed by atoms with van der Waals surface area (Å²) in [5.74, 6) is 1.15. The summed E-state index contributed by atoms with van der Waals surface area (Å²) in [6, 6.07) is 12.2. The zero-order chi connectivity index (χ0) is 18.4. The molecule has 1 aliphatic rings. The number of benzene rings is 2. The fourth-order valence-electron chi connectivity index (χ4n) is 2.51. The number of carbonyl (C=O) groups excluding carboxylic acids is 2. The van der Waals surface area contributed by atoms with Gasteiger partial charge in [-0.25, -0.2) is 4.79 Å². The molecule has 7 nitrogen and oxygen atoms in total. The van der Waals surface area contributed by atoms with Gasteiger partial charge in [0.25, 0.3) is 5.91 Å². The Morgan fingerprint density at radius 3 is 2.69 bits per heavy atom. The number of carbonyl (C=O) groups is 2. The van der Waals surface area contributed by atoms with Crippen molar-refractivity contribution in [2.75, 3.05) is 25.1 Å². The molecule has 0 spiro atoms. The zero-order valence-corrected chi connectivity index (χ0v) is 14.4. The molecular weight excluding hydrogens is 336 g/mol. The third-order valence-corrected chi connectivity index (χ3v) is 3.71. The van der Waals surface area contributed by atoms with E-state index in [4.69, 9.17) is 14.2 Å². The predicted molar refractivity (Wildman–Crippen MR) is 95.7 cm³/mol. The lowest BCUT2D eigenvalue weighted by molar-refractivity contribution is 0.0950. The molecule has 0 aromatic heterocycles. The van der Waals surface area contributed by atoms with Crippen molar-refractivity contribution in [2.45, 2.75) is 13.5 Å². The molecule has 0 saturated heterocycles. The molecular formula is C19H20N2O5. The summed E-state index contributed by atoms with van der Waals surface area (Å²) in [6.45, 7) is 3.41. The van der Waals surface area contributed by atoms with Crippen LogP contribution in [-0.4, -0.2) is 31.8 Å². The van der Waals surface area contributed by atoms with Gasteiger partial charge in [0, 0.05) is 17.8 Å². The van der Waals surface area contributed by atoms with E-state index in [-0.39, 0.29) is 12.5 Å². The fraction of sp³-hybridized carbons (Fsp3) is 0.263. The Balaban J connectivity index is 1.60. The lowest BCUT2D eigenvalue weighted by Gasteiger charge is -2.19. The number of amides is 2. The van der Waals surface area contributed by atoms with Crippen LogP contribution in [0.5, 0.6) is 11.5 Å². The number of fused-ring (bicyclic) bond motifs is 1. The Kier molecular flexibility index (Phi) is 5.58. The third-order valence-electron chi connectivity index (χ3n) is 3.71. The summed E-state index contributed by atoms with van der Waals surface area (Å²) in [5.41, 5.74) is 1.84. The molecule has 1 heterocycles. The maximum Gasteiger partial charge on any atom is 0.411 e. The van der Waals surface area contributed by atoms with Gasteiger partial charge in [-0.15, -0.1) is 0 Å². The summed E-state index contributed by atoms with van der Waals surface area (Å²) < 4.78 is 15.8. The van der Waals surface area contributed by atoms with Gasteiger partial charge >= 0.3 is 6.09 Å². The van der Waals surface area contributed by atoms with Crippen LogP contribution < -0.4 is 20.1 Å². The van der Waals surface area contributed by atoms with Gasteiger partial charge in [0.2, 0.25) is 0 Å². The van der Waals surface area contributed by atoms with Gasteiger partial charge in [0.05, 0.1) is 6.61 Å². The van der Waals surface area contributed by atoms with Crippen molar-refractivity contribution >= 4 is 17.7 Å². The molecule has 26 heavy (non-hydrogen) atoms. The fourth-order valence-corrected chi connectivity index (χ4v) is 2.51. The highest BCUT2D eigenvalue weighted by Crippen LogP contribution is 2.30. The lowest BCUT2D eigenvalue weighted by Crippen LogP contribution is -2.23. The molecule has 3 rings (SSSR count). The van der Waals surface area contributed by atoms with Crippen LogP contribution in [0.2, 0.25) is 0 Å². The number of anilines is 1. The largest absolute Gasteiger partial charge is 0.486 e. The summed E-state index contributed by atoms with van der Waals surface area (Å²) in [6.07, 6.45) is -0.554. The summed E-state index contributed by atoms with van der Waals surface area (Å²) >= 11 is 0. The van der Waals surface area contributed by atoms with Crippen LogP contribution in [0.3, 0.4) is 0 Å². The van der Waals surface area contributed by atoms with Crippen molar-refractivity contribution in [3.8, 4) is 11.5 Å². The summed E-state index contributed by atoms with van der Waals surface area (Å²) in [4.78, 5) is 23.8. The van der Waals surface area contributed by atoms with Gasteiger partial charge in [-0.1, -0.05) is 12.1 Å². The van der Waals surface area contributed by atoms with E-state index in [2.05, 4.69) is 10.6 Å². The van der Waals surface area contributed by atoms with Crippen LogP contribution in [0, 0.1) is 0 Å². The molecule has 2 N–H and O–H groups in total. The number of hydrogen-bond donors (Lipinski definition) is 2. The monoisotopic (exact) mass is 356 g/mol. The van der Waals surface area contributed by atoms with Gasteiger partial charge in [-0.05, 0) is 42.8 Å². The van der Waals surface area contributed by atoms with Gasteiger partial charge in [0.15, 0.2) is 11.5 Å². The van der Waals surface area contributed by atoms with E-state index in [1.165, 1.54) is 0 Å². The molecule has 0 saturated carbocycles. The highest BCUT2D eigenvalue weighted by Gasteiger charge is 2.13. The predicted octanol–water partition coefficient (Wildman–Crippen LogP) is 2.96. The maximum atomic E-state index is 12.4. The van der Waals surface area contributed by atoms with E-state index in [1.807, 2.05) is 18.2 Å². The first-order valence-electron chi connectivity index (χ1n) is 8.36. The zero-order valence-electron chi connectivity index (χ0n) is 14.4. The van der Waals surface area contributed by atoms with E-state index < -0.39 is 6.09 Å². The smallest absolute Gasteiger partial charge is 0.411 e. The summed E-state index contributed by atoms with van der Waals surface area (Å²) in [5, 5.41) is 5.42. The first kappa shape index (κ1) is 17.6. The molecule has 0 unspecified atom stereocenters. The minimum Gasteiger partial charge on any atom is -0.486 e. The molecule has 2 amide bonds. The molecule has 0 aliphatic carbocycles. The lowest BCUT2D eigenvalue weighted by atomic mass is 10.1. The van der Waals surface area contributed by atoms with Gasteiger partial charge in [-0.3, -0.25) is 10.1 Å². The number of ether oxygens (including phenoxy) is 3. The highest BCUT2D eigenvalue weighted by atomic mass is 16.6. The standard InChI is InChI=1S/C19H20N2O5/c1-2-24-19(23)21-15-5-3-4-14(11-15)18(22)20-12-13-6-7-16-17(10-13)26-9-8-25-16/h3-7,10-11H,2,8-9,12H2,1H3,(H,20,22)(H,21,23). The Labute approximate surface area is 151 Å². The van der Waals surface area contributed by atoms with Crippen molar-refractivity contribution in [1.82, 2.24) is 5.32 Å². The van der Waals surface area contributed by atoms with Crippen LogP contribution >= 0.6 is 0 Å². The Morgan fingerprint density at radius 1 is 1.08 bits per heavy atom. The van der Waals surface area contributed by atoms with Crippen LogP contribution in [0.4, 0.5) is 10.5 Å². The second kappa shape index (κ2) is 8.24. The molecule has 0 radical (unpaired) electrons. The van der Waals surface area contributed by atoms with Crippen molar-refractivity contribution in [2.24, 2.45) is 0 Å². The van der Waals surface area contributed by atoms with E-state index in [1.54, 1.807) is 31.2 Å². The molecule has 2 aromatic rings. The van der Waals surface area contributed by atoms with E-state index in [0.29, 0.717) is 42.5 Å². The topological polar surface area (TPSA) is 85.9 Å². The van der Waals surface area contributed by atoms with Crippen molar-refractivity contribution in [1.29, 1.82) is 0 Å². The maximum absolute atomic E-state index is 12.4. The highest BCUT2D eigenvalue weighted by molar-refractivity contribution is 5.96. The Bertz CT molecular complexity index is 806. The Morgan fingerprint density at radius 2 is 1.88 bits per heavy atom. The molecule has 0 fully saturated rings. The summed E-state index contributed by atoms with van der Waals surface area (Å²) in [7, 11) is 0. The second-order valence-electron chi connectivity index (χ2n) is 5.59. The van der Waals surface area contributed by atoms with Gasteiger partial charge in [-0.2, -0.15) is 0 Å². The van der Waals surface area contributed by atoms with E-state index in [0.717, 1.165) is 5.56 Å². The molecule has 0 bridgehead atoms. The number of rotatable bonds is 5. The van der Waals surface area contributed by atoms with Gasteiger partial charge in [0.1, 0.15) is 13.2 Å². The minimum absolute atomic E-state index is 0.243. The normalized spacial score (nSPS) is 12.2. The van der Waals surface area contributed by atoms with E-state index >= 15 is 0 Å². The molecule has 136 valence electrons. The average molecular weight is 356 g/mol. The minimum atomic E-state index is -0.554. The average Bonchev–Trinajstić information content (AvgIpc) is 2.66. The Hall–Kier alpha value is -3.22. The van der Waals surface area contributed by atoms with Crippen LogP contribution in [0.25, 0.3) is 0 Å². The first-order valence-corrected chi connectivity index (χ1v) is 8.36. The van der Waals surface area contributed by atoms with Crippen molar-refractivity contribution in [3.05, 3.63) is 53.6 Å².